The van der Waals surface area contributed by atoms with E-state index in [2.05, 4.69) is 5.32 Å². The maximum Gasteiger partial charge on any atom is 0.342 e. The number of carbonyl (C=O) groups excluding carboxylic acids is 2. The lowest BCUT2D eigenvalue weighted by Crippen LogP contribution is -2.21. The van der Waals surface area contributed by atoms with Crippen molar-refractivity contribution in [1.29, 1.82) is 5.26 Å². The zero-order chi connectivity index (χ0) is 18.9. The molecule has 0 radical (unpaired) electrons. The van der Waals surface area contributed by atoms with Crippen molar-refractivity contribution < 1.29 is 23.8 Å². The maximum absolute atomic E-state index is 12.0. The quantitative estimate of drug-likeness (QED) is 0.748. The number of rotatable bonds is 7. The average Bonchev–Trinajstić information content (AvgIpc) is 2.65. The molecular weight excluding hydrogens is 360 g/mol. The number of nitrogens with one attached hydrogen (secondary N) is 1. The number of methoxy groups -OCH3 is 1. The van der Waals surface area contributed by atoms with Crippen LogP contribution in [0.2, 0.25) is 5.02 Å². The second-order valence-corrected chi connectivity index (χ2v) is 5.32. The maximum atomic E-state index is 12.0. The van der Waals surface area contributed by atoms with Gasteiger partial charge in [0.15, 0.2) is 13.2 Å². The van der Waals surface area contributed by atoms with Gasteiger partial charge in [0, 0.05) is 5.69 Å². The van der Waals surface area contributed by atoms with Crippen molar-refractivity contribution in [2.75, 3.05) is 25.6 Å². The topological polar surface area (TPSA) is 97.7 Å². The normalized spacial score (nSPS) is 9.73. The molecule has 0 spiro atoms. The summed E-state index contributed by atoms with van der Waals surface area (Å²) < 4.78 is 15.2. The zero-order valence-electron chi connectivity index (χ0n) is 13.8. The van der Waals surface area contributed by atoms with Crippen molar-refractivity contribution >= 4 is 29.2 Å². The smallest absolute Gasteiger partial charge is 0.342 e. The third-order valence-corrected chi connectivity index (χ3v) is 3.46. The van der Waals surface area contributed by atoms with E-state index in [1.54, 1.807) is 36.4 Å². The van der Waals surface area contributed by atoms with Gasteiger partial charge in [-0.05, 0) is 30.3 Å². The molecule has 0 bridgehead atoms. The Balaban J connectivity index is 1.98. The average molecular weight is 375 g/mol. The van der Waals surface area contributed by atoms with E-state index in [4.69, 9.17) is 31.1 Å². The molecule has 7 nitrogen and oxygen atoms in total. The highest BCUT2D eigenvalue weighted by atomic mass is 35.5. The summed E-state index contributed by atoms with van der Waals surface area (Å²) in [6.07, 6.45) is 0. The van der Waals surface area contributed by atoms with E-state index in [9.17, 15) is 9.59 Å². The molecule has 0 unspecified atom stereocenters. The van der Waals surface area contributed by atoms with Gasteiger partial charge in [-0.2, -0.15) is 5.26 Å². The van der Waals surface area contributed by atoms with Crippen molar-refractivity contribution in [3.05, 3.63) is 53.1 Å². The Morgan fingerprint density at radius 3 is 2.65 bits per heavy atom. The summed E-state index contributed by atoms with van der Waals surface area (Å²) in [4.78, 5) is 23.9. The van der Waals surface area contributed by atoms with Crippen LogP contribution in [-0.2, 0) is 9.53 Å². The first-order valence-electron chi connectivity index (χ1n) is 7.44. The largest absolute Gasteiger partial charge is 0.495 e. The Kier molecular flexibility index (Phi) is 6.83. The first-order valence-corrected chi connectivity index (χ1v) is 7.82. The van der Waals surface area contributed by atoms with Gasteiger partial charge in [-0.15, -0.1) is 0 Å². The minimum atomic E-state index is -0.704. The Bertz CT molecular complexity index is 848. The Morgan fingerprint density at radius 1 is 1.19 bits per heavy atom. The highest BCUT2D eigenvalue weighted by Crippen LogP contribution is 2.27. The van der Waals surface area contributed by atoms with Crippen molar-refractivity contribution in [3.63, 3.8) is 0 Å². The van der Waals surface area contributed by atoms with Crippen LogP contribution in [0, 0.1) is 11.3 Å². The van der Waals surface area contributed by atoms with E-state index in [0.29, 0.717) is 16.5 Å². The summed E-state index contributed by atoms with van der Waals surface area (Å²) in [5.41, 5.74) is 0.606. The van der Waals surface area contributed by atoms with Gasteiger partial charge in [0.1, 0.15) is 23.1 Å². The van der Waals surface area contributed by atoms with Crippen molar-refractivity contribution in [3.8, 4) is 17.6 Å². The number of para-hydroxylation sites is 1. The van der Waals surface area contributed by atoms with Crippen LogP contribution in [0.3, 0.4) is 0 Å². The molecule has 26 heavy (non-hydrogen) atoms. The molecule has 134 valence electrons. The van der Waals surface area contributed by atoms with Crippen molar-refractivity contribution in [2.24, 2.45) is 0 Å². The lowest BCUT2D eigenvalue weighted by Gasteiger charge is -2.11. The summed E-state index contributed by atoms with van der Waals surface area (Å²) >= 11 is 6.00. The molecule has 0 aromatic heterocycles. The second-order valence-electron chi connectivity index (χ2n) is 4.92. The first-order chi connectivity index (χ1) is 12.5. The van der Waals surface area contributed by atoms with Crippen LogP contribution in [0.4, 0.5) is 5.69 Å². The number of ether oxygens (including phenoxy) is 3. The predicted molar refractivity (Wildman–Crippen MR) is 94.5 cm³/mol. The fraction of sp³-hybridized carbons (Fsp3) is 0.167. The fourth-order valence-corrected chi connectivity index (χ4v) is 2.28. The number of hydrogen-bond acceptors (Lipinski definition) is 6. The van der Waals surface area contributed by atoms with Crippen molar-refractivity contribution in [1.82, 2.24) is 0 Å². The third kappa shape index (κ3) is 5.13. The lowest BCUT2D eigenvalue weighted by molar-refractivity contribution is -0.118. The number of esters is 1. The molecule has 0 aliphatic carbocycles. The number of amides is 1. The molecule has 2 aromatic rings. The molecule has 1 N–H and O–H groups in total. The lowest BCUT2D eigenvalue weighted by atomic mass is 10.2. The van der Waals surface area contributed by atoms with Gasteiger partial charge < -0.3 is 19.5 Å². The van der Waals surface area contributed by atoms with Crippen molar-refractivity contribution in [2.45, 2.75) is 0 Å². The highest BCUT2D eigenvalue weighted by Gasteiger charge is 2.15. The van der Waals surface area contributed by atoms with Crippen LogP contribution < -0.4 is 14.8 Å². The highest BCUT2D eigenvalue weighted by molar-refractivity contribution is 6.32. The molecule has 2 rings (SSSR count). The SMILES string of the molecule is COc1ccc(NC(=O)COc2ccccc2C(=O)OCC#N)cc1Cl. The molecule has 0 fully saturated rings. The second kappa shape index (κ2) is 9.30. The van der Waals surface area contributed by atoms with Gasteiger partial charge in [-0.3, -0.25) is 4.79 Å². The van der Waals surface area contributed by atoms with Gasteiger partial charge in [0.25, 0.3) is 5.91 Å². The Morgan fingerprint density at radius 2 is 1.96 bits per heavy atom. The number of carbonyl (C=O) groups is 2. The van der Waals surface area contributed by atoms with Gasteiger partial charge in [-0.25, -0.2) is 4.79 Å². The van der Waals surface area contributed by atoms with Crippen LogP contribution in [0.25, 0.3) is 0 Å². The van der Waals surface area contributed by atoms with Gasteiger partial charge in [0.2, 0.25) is 0 Å². The molecular formula is C18H15ClN2O5. The minimum Gasteiger partial charge on any atom is -0.495 e. The molecule has 1 amide bonds. The summed E-state index contributed by atoms with van der Waals surface area (Å²) in [7, 11) is 1.49. The Labute approximate surface area is 155 Å². The van der Waals surface area contributed by atoms with E-state index >= 15 is 0 Å². The number of anilines is 1. The van der Waals surface area contributed by atoms with Gasteiger partial charge in [-0.1, -0.05) is 23.7 Å². The van der Waals surface area contributed by atoms with Crippen LogP contribution in [0.15, 0.2) is 42.5 Å². The van der Waals surface area contributed by atoms with Crippen LogP contribution in [-0.4, -0.2) is 32.2 Å². The van der Waals surface area contributed by atoms with E-state index < -0.39 is 11.9 Å². The summed E-state index contributed by atoms with van der Waals surface area (Å²) in [5.74, 6) is -0.472. The van der Waals surface area contributed by atoms with Crippen LogP contribution >= 0.6 is 11.6 Å². The molecule has 8 heteroatoms. The van der Waals surface area contributed by atoms with E-state index in [-0.39, 0.29) is 24.5 Å². The standard InChI is InChI=1S/C18H15ClN2O5/c1-24-16-7-6-12(10-14(16)19)21-17(22)11-26-15-5-3-2-4-13(15)18(23)25-9-8-20/h2-7,10H,9,11H2,1H3,(H,21,22). The number of nitriles is 1. The zero-order valence-corrected chi connectivity index (χ0v) is 14.6. The first kappa shape index (κ1) is 19.1. The molecule has 0 saturated carbocycles. The number of halogens is 1. The minimum absolute atomic E-state index is 0.128. The fourth-order valence-electron chi connectivity index (χ4n) is 2.02. The van der Waals surface area contributed by atoms with Crippen LogP contribution in [0.5, 0.6) is 11.5 Å². The predicted octanol–water partition coefficient (Wildman–Crippen LogP) is 3.05. The molecule has 0 saturated heterocycles. The van der Waals surface area contributed by atoms with Gasteiger partial charge in [0.05, 0.1) is 12.1 Å². The summed E-state index contributed by atoms with van der Waals surface area (Å²) in [6, 6.07) is 12.8. The number of hydrogen-bond donors (Lipinski definition) is 1. The molecule has 2 aromatic carbocycles. The molecule has 0 atom stereocenters. The summed E-state index contributed by atoms with van der Waals surface area (Å²) in [5, 5.41) is 11.5. The van der Waals surface area contributed by atoms with Crippen LogP contribution in [0.1, 0.15) is 10.4 Å². The Hall–Kier alpha value is -3.24. The number of nitrogens with zero attached hydrogens (tertiary/aromatic N) is 1. The third-order valence-electron chi connectivity index (χ3n) is 3.17. The van der Waals surface area contributed by atoms with Gasteiger partial charge >= 0.3 is 5.97 Å². The summed E-state index contributed by atoms with van der Waals surface area (Å²) in [6.45, 7) is -0.696. The molecule has 0 aliphatic rings. The molecule has 0 heterocycles. The number of benzene rings is 2. The van der Waals surface area contributed by atoms with E-state index in [1.807, 2.05) is 0 Å². The van der Waals surface area contributed by atoms with E-state index in [1.165, 1.54) is 19.2 Å². The molecule has 0 aliphatic heterocycles. The van der Waals surface area contributed by atoms with E-state index in [0.717, 1.165) is 0 Å². The monoisotopic (exact) mass is 374 g/mol.